The van der Waals surface area contributed by atoms with Crippen LogP contribution in [0, 0.1) is 6.92 Å². The monoisotopic (exact) mass is 295 g/mol. The quantitative estimate of drug-likeness (QED) is 0.848. The fourth-order valence-electron chi connectivity index (χ4n) is 2.01. The zero-order valence-corrected chi connectivity index (χ0v) is 13.4. The van der Waals surface area contributed by atoms with Gasteiger partial charge in [-0.2, -0.15) is 0 Å². The fourth-order valence-corrected chi connectivity index (χ4v) is 2.45. The number of benzene rings is 1. The van der Waals surface area contributed by atoms with Crippen LogP contribution in [0.5, 0.6) is 0 Å². The molecular formula is C15H21NO3S. The first-order chi connectivity index (χ1) is 9.25. The number of carbonyl (C=O) groups is 2. The molecule has 4 nitrogen and oxygen atoms in total. The molecule has 0 saturated carbocycles. The standard InChI is InChI=1S/C15H21NO3S/c1-6-16(15(3,4)14(18)19)13(17)12-9-11(20-5)8-7-10(12)2/h7-9H,6H2,1-5H3,(H,18,19). The first kappa shape index (κ1) is 16.6. The molecule has 1 rings (SSSR count). The van der Waals surface area contributed by atoms with Crippen LogP contribution in [0.25, 0.3) is 0 Å². The molecule has 0 saturated heterocycles. The van der Waals surface area contributed by atoms with Crippen molar-refractivity contribution in [2.45, 2.75) is 38.1 Å². The number of hydrogen-bond donors (Lipinski definition) is 1. The number of amides is 1. The molecule has 1 aromatic carbocycles. The molecule has 1 amide bonds. The van der Waals surface area contributed by atoms with Crippen molar-refractivity contribution in [2.75, 3.05) is 12.8 Å². The SMILES string of the molecule is CCN(C(=O)c1cc(SC)ccc1C)C(C)(C)C(=O)O. The van der Waals surface area contributed by atoms with E-state index in [0.29, 0.717) is 12.1 Å². The van der Waals surface area contributed by atoms with Gasteiger partial charge in [-0.3, -0.25) is 4.79 Å². The molecule has 0 heterocycles. The Labute approximate surface area is 124 Å². The Kier molecular flexibility index (Phi) is 5.22. The van der Waals surface area contributed by atoms with Crippen molar-refractivity contribution >= 4 is 23.6 Å². The second-order valence-corrected chi connectivity index (χ2v) is 5.97. The summed E-state index contributed by atoms with van der Waals surface area (Å²) in [5, 5.41) is 9.31. The van der Waals surface area contributed by atoms with Gasteiger partial charge in [0.05, 0.1) is 0 Å². The summed E-state index contributed by atoms with van der Waals surface area (Å²) in [5.74, 6) is -1.25. The number of aliphatic carboxylic acids is 1. The highest BCUT2D eigenvalue weighted by Crippen LogP contribution is 2.23. The second-order valence-electron chi connectivity index (χ2n) is 5.09. The van der Waals surface area contributed by atoms with E-state index in [1.807, 2.05) is 31.4 Å². The van der Waals surface area contributed by atoms with E-state index in [1.165, 1.54) is 4.90 Å². The molecule has 0 spiro atoms. The number of carboxylic acids is 1. The van der Waals surface area contributed by atoms with E-state index in [4.69, 9.17) is 0 Å². The van der Waals surface area contributed by atoms with Crippen molar-refractivity contribution in [2.24, 2.45) is 0 Å². The minimum absolute atomic E-state index is 0.242. The van der Waals surface area contributed by atoms with Crippen LogP contribution in [0.3, 0.4) is 0 Å². The van der Waals surface area contributed by atoms with E-state index in [1.54, 1.807) is 32.5 Å². The number of hydrogen-bond acceptors (Lipinski definition) is 3. The highest BCUT2D eigenvalue weighted by Gasteiger charge is 2.37. The van der Waals surface area contributed by atoms with E-state index in [-0.39, 0.29) is 5.91 Å². The third-order valence-corrected chi connectivity index (χ3v) is 4.16. The van der Waals surface area contributed by atoms with Crippen molar-refractivity contribution in [1.29, 1.82) is 0 Å². The molecule has 0 radical (unpaired) electrons. The van der Waals surface area contributed by atoms with E-state index in [9.17, 15) is 14.7 Å². The average Bonchev–Trinajstić information content (AvgIpc) is 2.39. The number of carboxylic acid groups (broad SMARTS) is 1. The molecule has 0 aliphatic rings. The Morgan fingerprint density at radius 1 is 1.35 bits per heavy atom. The summed E-state index contributed by atoms with van der Waals surface area (Å²) in [7, 11) is 0. The zero-order chi connectivity index (χ0) is 15.5. The van der Waals surface area contributed by atoms with Gasteiger partial charge in [-0.1, -0.05) is 6.07 Å². The molecule has 1 aromatic rings. The summed E-state index contributed by atoms with van der Waals surface area (Å²) >= 11 is 1.56. The normalized spacial score (nSPS) is 11.2. The van der Waals surface area contributed by atoms with Crippen molar-refractivity contribution in [3.8, 4) is 0 Å². The smallest absolute Gasteiger partial charge is 0.329 e. The first-order valence-electron chi connectivity index (χ1n) is 6.45. The molecule has 5 heteroatoms. The van der Waals surface area contributed by atoms with Crippen molar-refractivity contribution in [3.05, 3.63) is 29.3 Å². The summed E-state index contributed by atoms with van der Waals surface area (Å²) in [6.45, 7) is 7.09. The Balaban J connectivity index is 3.25. The maximum absolute atomic E-state index is 12.7. The Morgan fingerprint density at radius 2 is 1.95 bits per heavy atom. The van der Waals surface area contributed by atoms with E-state index in [0.717, 1.165) is 10.5 Å². The predicted molar refractivity (Wildman–Crippen MR) is 81.4 cm³/mol. The Morgan fingerprint density at radius 3 is 2.40 bits per heavy atom. The maximum Gasteiger partial charge on any atom is 0.329 e. The van der Waals surface area contributed by atoms with Crippen molar-refractivity contribution in [3.63, 3.8) is 0 Å². The number of nitrogens with zero attached hydrogens (tertiary/aromatic N) is 1. The topological polar surface area (TPSA) is 57.6 Å². The molecular weight excluding hydrogens is 274 g/mol. The number of thioether (sulfide) groups is 1. The van der Waals surface area contributed by atoms with Crippen LogP contribution >= 0.6 is 11.8 Å². The van der Waals surface area contributed by atoms with Crippen molar-refractivity contribution < 1.29 is 14.7 Å². The van der Waals surface area contributed by atoms with Gasteiger partial charge < -0.3 is 10.0 Å². The summed E-state index contributed by atoms with van der Waals surface area (Å²) in [5.41, 5.74) is 0.189. The fraction of sp³-hybridized carbons (Fsp3) is 0.467. The van der Waals surface area contributed by atoms with Crippen LogP contribution in [-0.2, 0) is 4.79 Å². The lowest BCUT2D eigenvalue weighted by atomic mass is 10.00. The lowest BCUT2D eigenvalue weighted by Gasteiger charge is -2.34. The Hall–Kier alpha value is -1.49. The van der Waals surface area contributed by atoms with Gasteiger partial charge >= 0.3 is 5.97 Å². The summed E-state index contributed by atoms with van der Waals surface area (Å²) < 4.78 is 0. The lowest BCUT2D eigenvalue weighted by molar-refractivity contribution is -0.147. The van der Waals surface area contributed by atoms with Gasteiger partial charge in [0, 0.05) is 17.0 Å². The minimum Gasteiger partial charge on any atom is -0.480 e. The van der Waals surface area contributed by atoms with Crippen LogP contribution in [0.2, 0.25) is 0 Å². The molecule has 0 bridgehead atoms. The van der Waals surface area contributed by atoms with Crippen molar-refractivity contribution in [1.82, 2.24) is 4.90 Å². The third kappa shape index (κ3) is 3.15. The highest BCUT2D eigenvalue weighted by atomic mass is 32.2. The third-order valence-electron chi connectivity index (χ3n) is 3.43. The van der Waals surface area contributed by atoms with Crippen LogP contribution in [0.15, 0.2) is 23.1 Å². The van der Waals surface area contributed by atoms with Gasteiger partial charge in [0.25, 0.3) is 5.91 Å². The maximum atomic E-state index is 12.7. The van der Waals surface area contributed by atoms with Crippen LogP contribution in [-0.4, -0.2) is 40.2 Å². The number of rotatable bonds is 5. The van der Waals surface area contributed by atoms with E-state index in [2.05, 4.69) is 0 Å². The molecule has 0 aromatic heterocycles. The predicted octanol–water partition coefficient (Wildman–Crippen LogP) is 3.04. The number of aryl methyl sites for hydroxylation is 1. The zero-order valence-electron chi connectivity index (χ0n) is 12.6. The molecule has 0 atom stereocenters. The second kappa shape index (κ2) is 6.31. The van der Waals surface area contributed by atoms with Crippen LogP contribution < -0.4 is 0 Å². The summed E-state index contributed by atoms with van der Waals surface area (Å²) in [4.78, 5) is 26.4. The van der Waals surface area contributed by atoms with E-state index < -0.39 is 11.5 Å². The Bertz CT molecular complexity index is 526. The van der Waals surface area contributed by atoms with Gasteiger partial charge in [0.2, 0.25) is 0 Å². The average molecular weight is 295 g/mol. The van der Waals surface area contributed by atoms with Gasteiger partial charge in [-0.15, -0.1) is 11.8 Å². The van der Waals surface area contributed by atoms with Gasteiger partial charge in [-0.25, -0.2) is 4.79 Å². The van der Waals surface area contributed by atoms with Gasteiger partial charge in [-0.05, 0) is 51.6 Å². The van der Waals surface area contributed by atoms with Crippen LogP contribution in [0.4, 0.5) is 0 Å². The molecule has 0 aliphatic heterocycles. The molecule has 110 valence electrons. The molecule has 0 aliphatic carbocycles. The number of carbonyl (C=O) groups excluding carboxylic acids is 1. The first-order valence-corrected chi connectivity index (χ1v) is 7.68. The molecule has 0 unspecified atom stereocenters. The van der Waals surface area contributed by atoms with Gasteiger partial charge in [0.15, 0.2) is 0 Å². The lowest BCUT2D eigenvalue weighted by Crippen LogP contribution is -2.53. The highest BCUT2D eigenvalue weighted by molar-refractivity contribution is 7.98. The van der Waals surface area contributed by atoms with Gasteiger partial charge in [0.1, 0.15) is 5.54 Å². The minimum atomic E-state index is -1.23. The molecule has 1 N–H and O–H groups in total. The molecule has 20 heavy (non-hydrogen) atoms. The largest absolute Gasteiger partial charge is 0.480 e. The van der Waals surface area contributed by atoms with E-state index >= 15 is 0 Å². The van der Waals surface area contributed by atoms with Crippen LogP contribution in [0.1, 0.15) is 36.7 Å². The summed E-state index contributed by atoms with van der Waals surface area (Å²) in [6, 6.07) is 5.67. The summed E-state index contributed by atoms with van der Waals surface area (Å²) in [6.07, 6.45) is 1.94. The molecule has 0 fully saturated rings. The number of likely N-dealkylation sites (N-methyl/N-ethyl adjacent to an activating group) is 1.